The van der Waals surface area contributed by atoms with E-state index in [2.05, 4.69) is 14.7 Å². The van der Waals surface area contributed by atoms with Crippen molar-refractivity contribution in [1.82, 2.24) is 14.5 Å². The minimum atomic E-state index is -4.51. The fourth-order valence-corrected chi connectivity index (χ4v) is 1.41. The number of aromatic amines is 1. The van der Waals surface area contributed by atoms with E-state index in [0.29, 0.717) is 6.20 Å². The number of carbonyl (C=O) groups is 1. The van der Waals surface area contributed by atoms with Gasteiger partial charge in [0.2, 0.25) is 5.95 Å². The van der Waals surface area contributed by atoms with Crippen LogP contribution in [-0.4, -0.2) is 27.6 Å². The molecule has 0 spiro atoms. The molecule has 0 unspecified atom stereocenters. The topological polar surface area (TPSA) is 59.9 Å². The number of H-pyrrole nitrogens is 1. The Kier molecular flexibility index (Phi) is 2.85. The lowest BCUT2D eigenvalue weighted by atomic mass is 10.4. The molecule has 0 saturated carbocycles. The molecular weight excluding hydrogens is 251 g/mol. The van der Waals surface area contributed by atoms with Crippen LogP contribution < -0.4 is 0 Å². The number of aromatic nitrogens is 3. The number of methoxy groups -OCH3 is 1. The zero-order valence-corrected chi connectivity index (χ0v) is 9.15. The predicted molar refractivity (Wildman–Crippen MR) is 54.3 cm³/mol. The molecule has 2 heterocycles. The lowest BCUT2D eigenvalue weighted by molar-refractivity contribution is -0.140. The number of carbonyl (C=O) groups excluding carboxylic acids is 1. The summed E-state index contributed by atoms with van der Waals surface area (Å²) in [7, 11) is 1.18. The number of imidazole rings is 1. The highest BCUT2D eigenvalue weighted by Gasteiger charge is 2.33. The van der Waals surface area contributed by atoms with Gasteiger partial charge in [-0.15, -0.1) is 0 Å². The maximum Gasteiger partial charge on any atom is 0.432 e. The van der Waals surface area contributed by atoms with Gasteiger partial charge in [0.25, 0.3) is 0 Å². The molecule has 0 saturated heterocycles. The molecule has 2 rings (SSSR count). The van der Waals surface area contributed by atoms with E-state index in [1.165, 1.54) is 30.0 Å². The molecule has 0 aliphatic carbocycles. The number of esters is 1. The standard InChI is InChI=1S/C10H8F3N3O2/c1-18-8(17)6-3-2-4-16(6)9-14-5-7(15-9)10(11,12)13/h2-5H,1H3,(H,14,15). The zero-order valence-electron chi connectivity index (χ0n) is 9.15. The fraction of sp³-hybridized carbons (Fsp3) is 0.200. The number of hydrogen-bond acceptors (Lipinski definition) is 3. The van der Waals surface area contributed by atoms with Gasteiger partial charge in [-0.2, -0.15) is 13.2 Å². The van der Waals surface area contributed by atoms with Crippen molar-refractivity contribution in [2.45, 2.75) is 6.18 Å². The van der Waals surface area contributed by atoms with Gasteiger partial charge in [0, 0.05) is 6.20 Å². The molecule has 0 atom stereocenters. The average molecular weight is 259 g/mol. The van der Waals surface area contributed by atoms with Crippen LogP contribution in [0.3, 0.4) is 0 Å². The Balaban J connectivity index is 2.41. The molecule has 0 fully saturated rings. The molecule has 5 nitrogen and oxygen atoms in total. The Bertz CT molecular complexity index is 571. The highest BCUT2D eigenvalue weighted by Crippen LogP contribution is 2.28. The Morgan fingerprint density at radius 2 is 2.22 bits per heavy atom. The summed E-state index contributed by atoms with van der Waals surface area (Å²) in [5.41, 5.74) is -0.900. The van der Waals surface area contributed by atoms with Crippen molar-refractivity contribution in [3.63, 3.8) is 0 Å². The third-order valence-electron chi connectivity index (χ3n) is 2.24. The quantitative estimate of drug-likeness (QED) is 0.839. The van der Waals surface area contributed by atoms with Crippen LogP contribution >= 0.6 is 0 Å². The second kappa shape index (κ2) is 4.21. The minimum Gasteiger partial charge on any atom is -0.464 e. The lowest BCUT2D eigenvalue weighted by Gasteiger charge is -2.04. The number of rotatable bonds is 2. The van der Waals surface area contributed by atoms with Crippen LogP contribution in [0.4, 0.5) is 13.2 Å². The molecule has 8 heteroatoms. The van der Waals surface area contributed by atoms with Gasteiger partial charge in [-0.3, -0.25) is 4.57 Å². The van der Waals surface area contributed by atoms with Crippen LogP contribution in [0, 0.1) is 0 Å². The smallest absolute Gasteiger partial charge is 0.432 e. The molecule has 96 valence electrons. The summed E-state index contributed by atoms with van der Waals surface area (Å²) in [5.74, 6) is -0.766. The van der Waals surface area contributed by atoms with Crippen molar-refractivity contribution in [3.8, 4) is 5.95 Å². The third kappa shape index (κ3) is 2.08. The van der Waals surface area contributed by atoms with Crippen molar-refractivity contribution in [3.05, 3.63) is 35.9 Å². The Labute approximate surface area is 99.2 Å². The molecule has 1 N–H and O–H groups in total. The maximum atomic E-state index is 12.4. The fourth-order valence-electron chi connectivity index (χ4n) is 1.41. The highest BCUT2D eigenvalue weighted by molar-refractivity contribution is 5.88. The lowest BCUT2D eigenvalue weighted by Crippen LogP contribution is -2.10. The number of hydrogen-bond donors (Lipinski definition) is 1. The normalized spacial score (nSPS) is 11.6. The highest BCUT2D eigenvalue weighted by atomic mass is 19.4. The molecule has 0 aliphatic rings. The number of halogens is 3. The van der Waals surface area contributed by atoms with Gasteiger partial charge in [-0.1, -0.05) is 0 Å². The molecule has 18 heavy (non-hydrogen) atoms. The largest absolute Gasteiger partial charge is 0.464 e. The first kappa shape index (κ1) is 12.2. The number of ether oxygens (including phenoxy) is 1. The van der Waals surface area contributed by atoms with E-state index < -0.39 is 17.8 Å². The maximum absolute atomic E-state index is 12.4. The SMILES string of the molecule is COC(=O)c1cccn1-c1ncc(C(F)(F)F)[nH]1. The van der Waals surface area contributed by atoms with Gasteiger partial charge in [0.15, 0.2) is 0 Å². The van der Waals surface area contributed by atoms with E-state index in [1.807, 2.05) is 0 Å². The van der Waals surface area contributed by atoms with Crippen LogP contribution in [0.25, 0.3) is 5.95 Å². The van der Waals surface area contributed by atoms with Crippen molar-refractivity contribution in [2.24, 2.45) is 0 Å². The molecule has 0 bridgehead atoms. The summed E-state index contributed by atoms with van der Waals surface area (Å²) in [6, 6.07) is 2.92. The van der Waals surface area contributed by atoms with Gasteiger partial charge in [0.05, 0.1) is 13.3 Å². The zero-order chi connectivity index (χ0) is 13.3. The van der Waals surface area contributed by atoms with Crippen molar-refractivity contribution < 1.29 is 22.7 Å². The third-order valence-corrected chi connectivity index (χ3v) is 2.24. The van der Waals surface area contributed by atoms with Crippen molar-refractivity contribution in [1.29, 1.82) is 0 Å². The van der Waals surface area contributed by atoms with E-state index in [0.717, 1.165) is 0 Å². The van der Waals surface area contributed by atoms with Gasteiger partial charge < -0.3 is 9.72 Å². The second-order valence-electron chi connectivity index (χ2n) is 3.37. The van der Waals surface area contributed by atoms with E-state index in [-0.39, 0.29) is 11.6 Å². The van der Waals surface area contributed by atoms with E-state index >= 15 is 0 Å². The van der Waals surface area contributed by atoms with Crippen LogP contribution in [0.2, 0.25) is 0 Å². The number of nitrogens with zero attached hydrogens (tertiary/aromatic N) is 2. The van der Waals surface area contributed by atoms with Crippen LogP contribution in [-0.2, 0) is 10.9 Å². The second-order valence-corrected chi connectivity index (χ2v) is 3.37. The number of nitrogens with one attached hydrogen (secondary N) is 1. The van der Waals surface area contributed by atoms with Gasteiger partial charge in [-0.25, -0.2) is 9.78 Å². The van der Waals surface area contributed by atoms with Crippen molar-refractivity contribution in [2.75, 3.05) is 7.11 Å². The summed E-state index contributed by atoms with van der Waals surface area (Å²) >= 11 is 0. The summed E-state index contributed by atoms with van der Waals surface area (Å²) in [5, 5.41) is 0. The first-order valence-electron chi connectivity index (χ1n) is 4.81. The van der Waals surface area contributed by atoms with E-state index in [1.54, 1.807) is 0 Å². The average Bonchev–Trinajstić information content (AvgIpc) is 2.94. The Hall–Kier alpha value is -2.25. The molecule has 0 radical (unpaired) electrons. The van der Waals surface area contributed by atoms with Gasteiger partial charge in [0.1, 0.15) is 11.4 Å². The molecule has 0 amide bonds. The summed E-state index contributed by atoms with van der Waals surface area (Å²) in [6.07, 6.45) is -2.44. The predicted octanol–water partition coefficient (Wildman–Crippen LogP) is 2.01. The first-order chi connectivity index (χ1) is 8.43. The molecule has 0 aromatic carbocycles. The van der Waals surface area contributed by atoms with E-state index in [9.17, 15) is 18.0 Å². The minimum absolute atomic E-state index is 0.0839. The molecule has 0 aliphatic heterocycles. The molecule has 2 aromatic rings. The van der Waals surface area contributed by atoms with E-state index in [4.69, 9.17) is 0 Å². The molecule has 2 aromatic heterocycles. The van der Waals surface area contributed by atoms with Crippen LogP contribution in [0.15, 0.2) is 24.5 Å². The Morgan fingerprint density at radius 1 is 1.50 bits per heavy atom. The monoisotopic (exact) mass is 259 g/mol. The van der Waals surface area contributed by atoms with Crippen molar-refractivity contribution >= 4 is 5.97 Å². The first-order valence-corrected chi connectivity index (χ1v) is 4.81. The summed E-state index contributed by atoms with van der Waals surface area (Å²) < 4.78 is 42.9. The summed E-state index contributed by atoms with van der Waals surface area (Å²) in [4.78, 5) is 17.0. The van der Waals surface area contributed by atoms with Crippen LogP contribution in [0.1, 0.15) is 16.2 Å². The Morgan fingerprint density at radius 3 is 2.78 bits per heavy atom. The summed E-state index contributed by atoms with van der Waals surface area (Å²) in [6.45, 7) is 0. The van der Waals surface area contributed by atoms with Crippen LogP contribution in [0.5, 0.6) is 0 Å². The van der Waals surface area contributed by atoms with Gasteiger partial charge >= 0.3 is 12.1 Å². The number of alkyl halides is 3. The van der Waals surface area contributed by atoms with Gasteiger partial charge in [-0.05, 0) is 12.1 Å². The molecular formula is C10H8F3N3O2.